The summed E-state index contributed by atoms with van der Waals surface area (Å²) >= 11 is 9.74. The van der Waals surface area contributed by atoms with Gasteiger partial charge in [-0.3, -0.25) is 4.79 Å². The molecule has 172 valence electrons. The first-order valence-electron chi connectivity index (χ1n) is 10.4. The molecule has 34 heavy (non-hydrogen) atoms. The Labute approximate surface area is 210 Å². The molecule has 0 spiro atoms. The Kier molecular flexibility index (Phi) is 7.67. The number of rotatable bonds is 8. The van der Waals surface area contributed by atoms with Crippen molar-refractivity contribution in [1.29, 1.82) is 0 Å². The Balaban J connectivity index is 1.47. The highest BCUT2D eigenvalue weighted by molar-refractivity contribution is 9.10. The van der Waals surface area contributed by atoms with Crippen LogP contribution in [0.3, 0.4) is 0 Å². The molecule has 0 fully saturated rings. The maximum atomic E-state index is 12.8. The first-order chi connectivity index (χ1) is 16.6. The maximum absolute atomic E-state index is 12.8. The zero-order valence-electron chi connectivity index (χ0n) is 18.2. The van der Waals surface area contributed by atoms with Crippen molar-refractivity contribution in [2.24, 2.45) is 5.10 Å². The van der Waals surface area contributed by atoms with Crippen molar-refractivity contribution in [2.45, 2.75) is 6.61 Å². The molecular formula is C26H21BrClN3O3. The third-order valence-corrected chi connectivity index (χ3v) is 6.08. The number of halogens is 2. The highest BCUT2D eigenvalue weighted by Crippen LogP contribution is 2.34. The summed E-state index contributed by atoms with van der Waals surface area (Å²) in [5.74, 6) is 0.764. The van der Waals surface area contributed by atoms with Crippen molar-refractivity contribution >= 4 is 39.7 Å². The van der Waals surface area contributed by atoms with Crippen LogP contribution < -0.4 is 14.9 Å². The van der Waals surface area contributed by atoms with E-state index in [1.165, 1.54) is 0 Å². The van der Waals surface area contributed by atoms with Crippen LogP contribution in [0.25, 0.3) is 5.69 Å². The number of hydrogen-bond donors (Lipinski definition) is 1. The first kappa shape index (κ1) is 23.6. The fourth-order valence-corrected chi connectivity index (χ4v) is 3.91. The Morgan fingerprint density at radius 1 is 1.06 bits per heavy atom. The van der Waals surface area contributed by atoms with Crippen LogP contribution in [-0.2, 0) is 6.61 Å². The molecule has 1 N–H and O–H groups in total. The van der Waals surface area contributed by atoms with Crippen molar-refractivity contribution in [2.75, 3.05) is 7.11 Å². The molecular weight excluding hydrogens is 518 g/mol. The number of nitrogens with zero attached hydrogens (tertiary/aromatic N) is 2. The number of nitrogens with one attached hydrogen (secondary N) is 1. The molecule has 1 aromatic heterocycles. The molecule has 0 saturated carbocycles. The minimum atomic E-state index is -0.316. The second-order valence-corrected chi connectivity index (χ2v) is 8.47. The van der Waals surface area contributed by atoms with E-state index < -0.39 is 0 Å². The summed E-state index contributed by atoms with van der Waals surface area (Å²) in [6.45, 7) is 0.298. The number of hydrazone groups is 1. The Bertz CT molecular complexity index is 1320. The van der Waals surface area contributed by atoms with E-state index in [1.54, 1.807) is 31.5 Å². The predicted octanol–water partition coefficient (Wildman–Crippen LogP) is 6.24. The smallest absolute Gasteiger partial charge is 0.273 e. The lowest BCUT2D eigenvalue weighted by molar-refractivity contribution is 0.0955. The normalized spacial score (nSPS) is 10.9. The van der Waals surface area contributed by atoms with Gasteiger partial charge in [-0.1, -0.05) is 41.9 Å². The van der Waals surface area contributed by atoms with E-state index in [9.17, 15) is 4.79 Å². The van der Waals surface area contributed by atoms with Gasteiger partial charge in [0.1, 0.15) is 6.61 Å². The topological polar surface area (TPSA) is 64.8 Å². The molecule has 0 aliphatic rings. The van der Waals surface area contributed by atoms with Crippen molar-refractivity contribution < 1.29 is 14.3 Å². The van der Waals surface area contributed by atoms with Gasteiger partial charge >= 0.3 is 0 Å². The number of benzene rings is 3. The van der Waals surface area contributed by atoms with Gasteiger partial charge in [-0.15, -0.1) is 0 Å². The van der Waals surface area contributed by atoms with Crippen molar-refractivity contribution in [3.8, 4) is 17.2 Å². The highest BCUT2D eigenvalue weighted by atomic mass is 79.9. The molecule has 0 atom stereocenters. The number of carbonyl (C=O) groups excluding carboxylic acids is 1. The van der Waals surface area contributed by atoms with E-state index in [2.05, 4.69) is 26.5 Å². The lowest BCUT2D eigenvalue weighted by Gasteiger charge is -2.13. The molecule has 4 aromatic rings. The summed E-state index contributed by atoms with van der Waals surface area (Å²) in [6, 6.07) is 22.2. The van der Waals surface area contributed by atoms with Gasteiger partial charge in [0.05, 0.1) is 24.6 Å². The van der Waals surface area contributed by atoms with Crippen LogP contribution in [0.5, 0.6) is 11.5 Å². The van der Waals surface area contributed by atoms with E-state index in [4.69, 9.17) is 21.1 Å². The van der Waals surface area contributed by atoms with Crippen LogP contribution in [0.2, 0.25) is 5.02 Å². The van der Waals surface area contributed by atoms with Crippen molar-refractivity contribution in [1.82, 2.24) is 9.99 Å². The lowest BCUT2D eigenvalue weighted by atomic mass is 10.1. The van der Waals surface area contributed by atoms with Gasteiger partial charge in [-0.25, -0.2) is 5.43 Å². The molecule has 4 rings (SSSR count). The first-order valence-corrected chi connectivity index (χ1v) is 11.5. The molecule has 0 unspecified atom stereocenters. The number of hydrogen-bond acceptors (Lipinski definition) is 4. The molecule has 8 heteroatoms. The summed E-state index contributed by atoms with van der Waals surface area (Å²) in [6.07, 6.45) is 5.31. The average molecular weight is 539 g/mol. The molecule has 0 radical (unpaired) electrons. The number of para-hydroxylation sites is 1. The monoisotopic (exact) mass is 537 g/mol. The zero-order valence-corrected chi connectivity index (χ0v) is 20.6. The number of ether oxygens (including phenoxy) is 2. The van der Waals surface area contributed by atoms with Crippen LogP contribution in [-0.4, -0.2) is 23.8 Å². The van der Waals surface area contributed by atoms with Crippen LogP contribution in [0.1, 0.15) is 21.5 Å². The largest absolute Gasteiger partial charge is 0.493 e. The summed E-state index contributed by atoms with van der Waals surface area (Å²) in [4.78, 5) is 12.8. The quantitative estimate of drug-likeness (QED) is 0.213. The molecule has 1 heterocycles. The number of carbonyl (C=O) groups is 1. The standard InChI is InChI=1S/C26H21BrClN3O3/c1-33-24-14-19(21(27)15-25(24)34-17-18-8-2-4-10-22(18)28)16-29-30-26(32)20-9-3-5-11-23(20)31-12-6-7-13-31/h2-16H,17H2,1H3,(H,30,32). The van der Waals surface area contributed by atoms with Gasteiger partial charge in [-0.05, 0) is 58.4 Å². The van der Waals surface area contributed by atoms with Crippen LogP contribution in [0, 0.1) is 0 Å². The average Bonchev–Trinajstić information content (AvgIpc) is 3.39. The van der Waals surface area contributed by atoms with E-state index >= 15 is 0 Å². The van der Waals surface area contributed by atoms with Gasteiger partial charge in [0.2, 0.25) is 0 Å². The second kappa shape index (κ2) is 11.0. The minimum Gasteiger partial charge on any atom is -0.493 e. The molecule has 0 aliphatic heterocycles. The van der Waals surface area contributed by atoms with Gasteiger partial charge in [-0.2, -0.15) is 5.10 Å². The van der Waals surface area contributed by atoms with Gasteiger partial charge in [0.15, 0.2) is 11.5 Å². The molecule has 0 aliphatic carbocycles. The van der Waals surface area contributed by atoms with E-state index in [1.807, 2.05) is 71.6 Å². The number of amides is 1. The van der Waals surface area contributed by atoms with Gasteiger partial charge < -0.3 is 14.0 Å². The molecule has 1 amide bonds. The fourth-order valence-electron chi connectivity index (χ4n) is 3.30. The third kappa shape index (κ3) is 5.50. The number of aromatic nitrogens is 1. The maximum Gasteiger partial charge on any atom is 0.273 e. The third-order valence-electron chi connectivity index (χ3n) is 5.02. The fraction of sp³-hybridized carbons (Fsp3) is 0.0769. The Morgan fingerprint density at radius 2 is 1.79 bits per heavy atom. The van der Waals surface area contributed by atoms with E-state index in [0.717, 1.165) is 15.7 Å². The number of methoxy groups -OCH3 is 1. The van der Waals surface area contributed by atoms with Crippen molar-refractivity contribution in [3.63, 3.8) is 0 Å². The van der Waals surface area contributed by atoms with Crippen LogP contribution >= 0.6 is 27.5 Å². The molecule has 0 bridgehead atoms. The van der Waals surface area contributed by atoms with Crippen LogP contribution in [0.15, 0.2) is 94.8 Å². The van der Waals surface area contributed by atoms with E-state index in [0.29, 0.717) is 34.3 Å². The van der Waals surface area contributed by atoms with Crippen molar-refractivity contribution in [3.05, 3.63) is 111 Å². The molecule has 6 nitrogen and oxygen atoms in total. The Hall–Kier alpha value is -3.55. The van der Waals surface area contributed by atoms with Crippen LogP contribution in [0.4, 0.5) is 0 Å². The summed E-state index contributed by atoms with van der Waals surface area (Å²) in [5.41, 5.74) is 5.45. The molecule has 0 saturated heterocycles. The summed E-state index contributed by atoms with van der Waals surface area (Å²) in [5, 5.41) is 4.77. The lowest BCUT2D eigenvalue weighted by Crippen LogP contribution is -2.19. The van der Waals surface area contributed by atoms with Gasteiger partial charge in [0.25, 0.3) is 5.91 Å². The Morgan fingerprint density at radius 3 is 2.56 bits per heavy atom. The SMILES string of the molecule is COc1cc(C=NNC(=O)c2ccccc2-n2cccc2)c(Br)cc1OCc1ccccc1Cl. The zero-order chi connectivity index (χ0) is 23.9. The van der Waals surface area contributed by atoms with E-state index in [-0.39, 0.29) is 5.91 Å². The molecule has 3 aromatic carbocycles. The summed E-state index contributed by atoms with van der Waals surface area (Å²) < 4.78 is 14.0. The predicted molar refractivity (Wildman–Crippen MR) is 137 cm³/mol. The summed E-state index contributed by atoms with van der Waals surface area (Å²) in [7, 11) is 1.56. The second-order valence-electron chi connectivity index (χ2n) is 7.21. The van der Waals surface area contributed by atoms with Gasteiger partial charge in [0, 0.05) is 33.0 Å². The highest BCUT2D eigenvalue weighted by Gasteiger charge is 2.13. The minimum absolute atomic E-state index is 0.298.